The smallest absolute Gasteiger partial charge is 0.320 e. The summed E-state index contributed by atoms with van der Waals surface area (Å²) >= 11 is 0. The number of hydrogen-bond acceptors (Lipinski definition) is 5. The fourth-order valence-electron chi connectivity index (χ4n) is 2.16. The first-order valence-electron chi connectivity index (χ1n) is 7.10. The largest absolute Gasteiger partial charge is 0.480 e. The van der Waals surface area contributed by atoms with Crippen LogP contribution in [-0.2, 0) is 11.2 Å². The zero-order valence-corrected chi connectivity index (χ0v) is 13.4. The lowest BCUT2D eigenvalue weighted by Crippen LogP contribution is -2.32. The summed E-state index contributed by atoms with van der Waals surface area (Å²) in [6, 6.07) is 15.9. The number of carboxylic acids is 1. The highest BCUT2D eigenvalue weighted by atomic mass is 35.5. The summed E-state index contributed by atoms with van der Waals surface area (Å²) in [6.07, 6.45) is 0.273. The zero-order chi connectivity index (χ0) is 16.2. The Morgan fingerprint density at radius 1 is 1.00 bits per heavy atom. The molecular weight excluding hydrogens is 330 g/mol. The van der Waals surface area contributed by atoms with Crippen LogP contribution in [0.1, 0.15) is 5.56 Å². The Labute approximate surface area is 144 Å². The molecule has 0 radical (unpaired) electrons. The van der Waals surface area contributed by atoms with Crippen LogP contribution in [0.4, 0.5) is 0 Å². The molecule has 0 saturated heterocycles. The first-order chi connectivity index (χ1) is 11.1. The molecule has 24 heavy (non-hydrogen) atoms. The maximum Gasteiger partial charge on any atom is 0.320 e. The van der Waals surface area contributed by atoms with E-state index in [4.69, 9.17) is 15.3 Å². The molecule has 3 N–H and O–H groups in total. The minimum Gasteiger partial charge on any atom is -0.480 e. The van der Waals surface area contributed by atoms with E-state index in [0.29, 0.717) is 11.8 Å². The highest BCUT2D eigenvalue weighted by Gasteiger charge is 2.13. The van der Waals surface area contributed by atoms with E-state index < -0.39 is 12.0 Å². The Bertz CT molecular complexity index is 803. The van der Waals surface area contributed by atoms with Crippen molar-refractivity contribution in [3.8, 4) is 22.9 Å². The summed E-state index contributed by atoms with van der Waals surface area (Å²) < 4.78 is 5.67. The number of hydrogen-bond donors (Lipinski definition) is 2. The molecule has 0 spiro atoms. The maximum atomic E-state index is 10.8. The van der Waals surface area contributed by atoms with E-state index in [0.717, 1.165) is 16.7 Å². The van der Waals surface area contributed by atoms with E-state index in [1.807, 2.05) is 54.6 Å². The number of rotatable bonds is 5. The molecule has 1 aromatic heterocycles. The predicted octanol–water partition coefficient (Wildman–Crippen LogP) is 2.78. The number of halogens is 1. The topological polar surface area (TPSA) is 102 Å². The lowest BCUT2D eigenvalue weighted by molar-refractivity contribution is -0.138. The molecule has 0 aliphatic heterocycles. The van der Waals surface area contributed by atoms with Crippen molar-refractivity contribution in [1.29, 1.82) is 0 Å². The van der Waals surface area contributed by atoms with Gasteiger partial charge in [-0.05, 0) is 36.2 Å². The highest BCUT2D eigenvalue weighted by Crippen LogP contribution is 2.24. The van der Waals surface area contributed by atoms with Crippen molar-refractivity contribution < 1.29 is 14.3 Å². The number of carboxylic acid groups (broad SMARTS) is 1. The Morgan fingerprint density at radius 2 is 1.54 bits per heavy atom. The third-order valence-electron chi connectivity index (χ3n) is 3.42. The van der Waals surface area contributed by atoms with Crippen molar-refractivity contribution in [1.82, 2.24) is 10.2 Å². The van der Waals surface area contributed by atoms with E-state index in [-0.39, 0.29) is 18.8 Å². The molecule has 0 aliphatic carbocycles. The SMILES string of the molecule is Cl.NC(Cc1ccc(-c2nnc(-c3ccccc3)o2)cc1)C(=O)O. The minimum absolute atomic E-state index is 0. The van der Waals surface area contributed by atoms with Gasteiger partial charge in [-0.2, -0.15) is 0 Å². The standard InChI is InChI=1S/C17H15N3O3.ClH/c18-14(17(21)22)10-11-6-8-13(9-7-11)16-20-19-15(23-16)12-4-2-1-3-5-12;/h1-9,14H,10,18H2,(H,21,22);1H. The number of nitrogens with two attached hydrogens (primary N) is 1. The molecule has 7 heteroatoms. The summed E-state index contributed by atoms with van der Waals surface area (Å²) in [5.74, 6) is -0.144. The van der Waals surface area contributed by atoms with Crippen molar-refractivity contribution in [3.05, 3.63) is 60.2 Å². The third-order valence-corrected chi connectivity index (χ3v) is 3.42. The summed E-state index contributed by atoms with van der Waals surface area (Å²) in [5.41, 5.74) is 7.99. The van der Waals surface area contributed by atoms with Gasteiger partial charge in [0.15, 0.2) is 0 Å². The van der Waals surface area contributed by atoms with Gasteiger partial charge < -0.3 is 15.3 Å². The summed E-state index contributed by atoms with van der Waals surface area (Å²) in [7, 11) is 0. The van der Waals surface area contributed by atoms with Crippen LogP contribution in [0.3, 0.4) is 0 Å². The van der Waals surface area contributed by atoms with Crippen LogP contribution in [0, 0.1) is 0 Å². The van der Waals surface area contributed by atoms with Gasteiger partial charge in [-0.1, -0.05) is 30.3 Å². The van der Waals surface area contributed by atoms with Crippen LogP contribution in [0.25, 0.3) is 22.9 Å². The van der Waals surface area contributed by atoms with E-state index in [2.05, 4.69) is 10.2 Å². The van der Waals surface area contributed by atoms with E-state index in [1.165, 1.54) is 0 Å². The average molecular weight is 346 g/mol. The molecule has 0 fully saturated rings. The second-order valence-corrected chi connectivity index (χ2v) is 5.12. The molecule has 0 amide bonds. The van der Waals surface area contributed by atoms with Crippen LogP contribution < -0.4 is 5.73 Å². The Kier molecular flexibility index (Phi) is 5.68. The normalized spacial score (nSPS) is 11.5. The highest BCUT2D eigenvalue weighted by molar-refractivity contribution is 5.85. The second-order valence-electron chi connectivity index (χ2n) is 5.12. The van der Waals surface area contributed by atoms with Gasteiger partial charge in [0.25, 0.3) is 0 Å². The van der Waals surface area contributed by atoms with Crippen LogP contribution in [0.2, 0.25) is 0 Å². The van der Waals surface area contributed by atoms with Crippen LogP contribution in [-0.4, -0.2) is 27.3 Å². The molecule has 1 heterocycles. The van der Waals surface area contributed by atoms with Gasteiger partial charge in [0.2, 0.25) is 11.8 Å². The Morgan fingerprint density at radius 3 is 2.08 bits per heavy atom. The molecule has 1 atom stereocenters. The molecule has 3 aromatic rings. The van der Waals surface area contributed by atoms with Crippen molar-refractivity contribution in [2.45, 2.75) is 12.5 Å². The van der Waals surface area contributed by atoms with Gasteiger partial charge in [-0.3, -0.25) is 4.79 Å². The maximum absolute atomic E-state index is 10.8. The summed E-state index contributed by atoms with van der Waals surface area (Å²) in [5, 5.41) is 16.9. The molecular formula is C17H16ClN3O3. The Hall–Kier alpha value is -2.70. The average Bonchev–Trinajstić information content (AvgIpc) is 3.06. The molecule has 6 nitrogen and oxygen atoms in total. The van der Waals surface area contributed by atoms with Crippen LogP contribution >= 0.6 is 12.4 Å². The molecule has 0 aliphatic rings. The van der Waals surface area contributed by atoms with Crippen molar-refractivity contribution in [3.63, 3.8) is 0 Å². The lowest BCUT2D eigenvalue weighted by atomic mass is 10.0. The van der Waals surface area contributed by atoms with Crippen LogP contribution in [0.15, 0.2) is 59.0 Å². The fourth-order valence-corrected chi connectivity index (χ4v) is 2.16. The number of aliphatic carboxylic acids is 1. The van der Waals surface area contributed by atoms with Gasteiger partial charge in [0, 0.05) is 11.1 Å². The van der Waals surface area contributed by atoms with E-state index in [1.54, 1.807) is 0 Å². The number of carbonyl (C=O) groups is 1. The number of nitrogens with zero attached hydrogens (tertiary/aromatic N) is 2. The van der Waals surface area contributed by atoms with E-state index >= 15 is 0 Å². The quantitative estimate of drug-likeness (QED) is 0.737. The van der Waals surface area contributed by atoms with Gasteiger partial charge in [0.05, 0.1) is 0 Å². The number of aromatic nitrogens is 2. The monoisotopic (exact) mass is 345 g/mol. The summed E-state index contributed by atoms with van der Waals surface area (Å²) in [4.78, 5) is 10.8. The number of benzene rings is 2. The Balaban J connectivity index is 0.00000208. The van der Waals surface area contributed by atoms with Crippen molar-refractivity contribution in [2.75, 3.05) is 0 Å². The van der Waals surface area contributed by atoms with Crippen molar-refractivity contribution >= 4 is 18.4 Å². The molecule has 2 aromatic carbocycles. The molecule has 0 bridgehead atoms. The third kappa shape index (κ3) is 3.98. The fraction of sp³-hybridized carbons (Fsp3) is 0.118. The second kappa shape index (κ2) is 7.72. The van der Waals surface area contributed by atoms with Gasteiger partial charge in [-0.15, -0.1) is 22.6 Å². The van der Waals surface area contributed by atoms with Gasteiger partial charge in [0.1, 0.15) is 6.04 Å². The predicted molar refractivity (Wildman–Crippen MR) is 91.7 cm³/mol. The first kappa shape index (κ1) is 17.7. The molecule has 124 valence electrons. The van der Waals surface area contributed by atoms with E-state index in [9.17, 15) is 4.79 Å². The van der Waals surface area contributed by atoms with Crippen LogP contribution in [0.5, 0.6) is 0 Å². The molecule has 1 unspecified atom stereocenters. The molecule has 3 rings (SSSR count). The van der Waals surface area contributed by atoms with Gasteiger partial charge >= 0.3 is 5.97 Å². The van der Waals surface area contributed by atoms with Crippen molar-refractivity contribution in [2.24, 2.45) is 5.73 Å². The first-order valence-corrected chi connectivity index (χ1v) is 7.10. The molecule has 0 saturated carbocycles. The zero-order valence-electron chi connectivity index (χ0n) is 12.6. The summed E-state index contributed by atoms with van der Waals surface area (Å²) in [6.45, 7) is 0. The minimum atomic E-state index is -1.02. The lowest BCUT2D eigenvalue weighted by Gasteiger charge is -2.06. The van der Waals surface area contributed by atoms with Gasteiger partial charge in [-0.25, -0.2) is 0 Å².